The molecular formula is C17H14N2O2. The molecule has 4 nitrogen and oxygen atoms in total. The molecule has 0 fully saturated rings. The highest BCUT2D eigenvalue weighted by Gasteiger charge is 2.11. The number of ketones is 1. The van der Waals surface area contributed by atoms with E-state index in [0.717, 1.165) is 5.56 Å². The number of aromatic nitrogens is 2. The number of hydrogen-bond acceptors (Lipinski definition) is 3. The van der Waals surface area contributed by atoms with Gasteiger partial charge in [-0.3, -0.25) is 4.79 Å². The first-order valence-corrected chi connectivity index (χ1v) is 6.64. The minimum absolute atomic E-state index is 0.0647. The molecule has 0 aliphatic heterocycles. The predicted octanol–water partition coefficient (Wildman–Crippen LogP) is 2.74. The molecule has 0 bridgehead atoms. The summed E-state index contributed by atoms with van der Waals surface area (Å²) in [6.45, 7) is 0.404. The van der Waals surface area contributed by atoms with Crippen LogP contribution in [0.25, 0.3) is 0 Å². The van der Waals surface area contributed by atoms with Crippen LogP contribution in [0, 0.1) is 0 Å². The molecule has 0 spiro atoms. The van der Waals surface area contributed by atoms with Crippen molar-refractivity contribution in [1.82, 2.24) is 9.94 Å². The van der Waals surface area contributed by atoms with Crippen LogP contribution >= 0.6 is 0 Å². The molecule has 0 radical (unpaired) electrons. The standard InChI is InChI=1S/C17H14N2O2/c20-17(15-9-5-2-6-10-15)16-11-18-19(12-16)21-13-14-7-3-1-4-8-14/h1-12H,13H2. The van der Waals surface area contributed by atoms with Crippen LogP contribution in [0.1, 0.15) is 21.5 Å². The van der Waals surface area contributed by atoms with Gasteiger partial charge in [-0.05, 0) is 5.56 Å². The molecule has 0 aliphatic carbocycles. The Labute approximate surface area is 122 Å². The van der Waals surface area contributed by atoms with Crippen molar-refractivity contribution in [1.29, 1.82) is 0 Å². The third-order valence-corrected chi connectivity index (χ3v) is 3.06. The van der Waals surface area contributed by atoms with Crippen LogP contribution in [0.2, 0.25) is 0 Å². The molecule has 0 N–H and O–H groups in total. The van der Waals surface area contributed by atoms with E-state index in [4.69, 9.17) is 4.84 Å². The number of benzene rings is 2. The SMILES string of the molecule is O=C(c1ccccc1)c1cnn(OCc2ccccc2)c1. The van der Waals surface area contributed by atoms with Gasteiger partial charge in [-0.15, -0.1) is 9.94 Å². The van der Waals surface area contributed by atoms with E-state index in [9.17, 15) is 4.79 Å². The van der Waals surface area contributed by atoms with Crippen LogP contribution in [0.3, 0.4) is 0 Å². The van der Waals surface area contributed by atoms with Crippen molar-refractivity contribution >= 4 is 5.78 Å². The topological polar surface area (TPSA) is 44.1 Å². The molecule has 0 unspecified atom stereocenters. The van der Waals surface area contributed by atoms with Crippen molar-refractivity contribution in [3.8, 4) is 0 Å². The maximum absolute atomic E-state index is 12.2. The molecule has 104 valence electrons. The van der Waals surface area contributed by atoms with Gasteiger partial charge in [0.2, 0.25) is 0 Å². The third-order valence-electron chi connectivity index (χ3n) is 3.06. The number of carbonyl (C=O) groups excluding carboxylic acids is 1. The summed E-state index contributed by atoms with van der Waals surface area (Å²) in [4.78, 5) is 19.1. The second kappa shape index (κ2) is 6.05. The lowest BCUT2D eigenvalue weighted by molar-refractivity contribution is 0.0697. The van der Waals surface area contributed by atoms with Gasteiger partial charge in [0.25, 0.3) is 0 Å². The molecule has 0 saturated carbocycles. The summed E-state index contributed by atoms with van der Waals surface area (Å²) in [5.74, 6) is -0.0647. The van der Waals surface area contributed by atoms with E-state index in [0.29, 0.717) is 17.7 Å². The van der Waals surface area contributed by atoms with E-state index in [1.807, 2.05) is 48.5 Å². The van der Waals surface area contributed by atoms with Gasteiger partial charge < -0.3 is 4.84 Å². The van der Waals surface area contributed by atoms with Crippen LogP contribution in [0.5, 0.6) is 0 Å². The highest BCUT2D eigenvalue weighted by molar-refractivity contribution is 6.08. The summed E-state index contributed by atoms with van der Waals surface area (Å²) in [5.41, 5.74) is 2.19. The fourth-order valence-electron chi connectivity index (χ4n) is 1.96. The summed E-state index contributed by atoms with van der Waals surface area (Å²) in [5, 5.41) is 4.05. The van der Waals surface area contributed by atoms with Gasteiger partial charge in [-0.2, -0.15) is 0 Å². The lowest BCUT2D eigenvalue weighted by Gasteiger charge is -2.04. The molecule has 1 heterocycles. The van der Waals surface area contributed by atoms with Crippen LogP contribution in [-0.4, -0.2) is 15.7 Å². The zero-order valence-corrected chi connectivity index (χ0v) is 11.3. The first-order valence-electron chi connectivity index (χ1n) is 6.64. The molecule has 21 heavy (non-hydrogen) atoms. The van der Waals surface area contributed by atoms with Crippen LogP contribution in [0.15, 0.2) is 73.1 Å². The zero-order valence-electron chi connectivity index (χ0n) is 11.3. The fraction of sp³-hybridized carbons (Fsp3) is 0.0588. The van der Waals surface area contributed by atoms with Gasteiger partial charge in [0.05, 0.1) is 18.0 Å². The molecular weight excluding hydrogens is 264 g/mol. The second-order valence-electron chi connectivity index (χ2n) is 4.59. The predicted molar refractivity (Wildman–Crippen MR) is 78.8 cm³/mol. The van der Waals surface area contributed by atoms with Crippen LogP contribution in [-0.2, 0) is 6.61 Å². The zero-order chi connectivity index (χ0) is 14.5. The Morgan fingerprint density at radius 2 is 1.62 bits per heavy atom. The number of hydrogen-bond donors (Lipinski definition) is 0. The molecule has 4 heteroatoms. The largest absolute Gasteiger partial charge is 0.392 e. The summed E-state index contributed by atoms with van der Waals surface area (Å²) in [6, 6.07) is 18.9. The minimum Gasteiger partial charge on any atom is -0.392 e. The van der Waals surface area contributed by atoms with Crippen molar-refractivity contribution < 1.29 is 9.63 Å². The molecule has 3 aromatic rings. The molecule has 2 aromatic carbocycles. The Balaban J connectivity index is 1.68. The Hall–Kier alpha value is -2.88. The van der Waals surface area contributed by atoms with Gasteiger partial charge in [0, 0.05) is 5.56 Å². The van der Waals surface area contributed by atoms with Gasteiger partial charge >= 0.3 is 0 Å². The van der Waals surface area contributed by atoms with Gasteiger partial charge in [-0.1, -0.05) is 60.7 Å². The van der Waals surface area contributed by atoms with Gasteiger partial charge in [0.15, 0.2) is 5.78 Å². The maximum atomic E-state index is 12.2. The van der Waals surface area contributed by atoms with E-state index in [2.05, 4.69) is 5.10 Å². The average molecular weight is 278 g/mol. The summed E-state index contributed by atoms with van der Waals surface area (Å²) >= 11 is 0. The molecule has 0 atom stereocenters. The van der Waals surface area contributed by atoms with Crippen molar-refractivity contribution in [2.24, 2.45) is 0 Å². The van der Waals surface area contributed by atoms with Gasteiger partial charge in [0.1, 0.15) is 6.61 Å². The monoisotopic (exact) mass is 278 g/mol. The number of rotatable bonds is 5. The average Bonchev–Trinajstić information content (AvgIpc) is 3.03. The van der Waals surface area contributed by atoms with E-state index in [-0.39, 0.29) is 5.78 Å². The molecule has 0 aliphatic rings. The lowest BCUT2D eigenvalue weighted by atomic mass is 10.1. The Morgan fingerprint density at radius 1 is 0.952 bits per heavy atom. The Kier molecular flexibility index (Phi) is 3.78. The number of carbonyl (C=O) groups is 1. The van der Waals surface area contributed by atoms with E-state index >= 15 is 0 Å². The van der Waals surface area contributed by atoms with Crippen LogP contribution in [0.4, 0.5) is 0 Å². The first kappa shape index (κ1) is 13.1. The van der Waals surface area contributed by atoms with E-state index < -0.39 is 0 Å². The molecule has 0 amide bonds. The maximum Gasteiger partial charge on any atom is 0.196 e. The van der Waals surface area contributed by atoms with Crippen molar-refractivity contribution in [2.75, 3.05) is 0 Å². The quantitative estimate of drug-likeness (QED) is 0.674. The summed E-state index contributed by atoms with van der Waals surface area (Å²) in [6.07, 6.45) is 3.11. The Morgan fingerprint density at radius 3 is 2.33 bits per heavy atom. The molecule has 0 saturated heterocycles. The van der Waals surface area contributed by atoms with Crippen molar-refractivity contribution in [2.45, 2.75) is 6.61 Å². The van der Waals surface area contributed by atoms with E-state index in [1.54, 1.807) is 18.3 Å². The normalized spacial score (nSPS) is 10.3. The summed E-state index contributed by atoms with van der Waals surface area (Å²) in [7, 11) is 0. The highest BCUT2D eigenvalue weighted by Crippen LogP contribution is 2.08. The van der Waals surface area contributed by atoms with Crippen molar-refractivity contribution in [3.63, 3.8) is 0 Å². The highest BCUT2D eigenvalue weighted by atomic mass is 16.7. The fourth-order valence-corrected chi connectivity index (χ4v) is 1.96. The Bertz CT molecular complexity index is 721. The summed E-state index contributed by atoms with van der Waals surface area (Å²) < 4.78 is 0. The molecule has 3 rings (SSSR count). The smallest absolute Gasteiger partial charge is 0.196 e. The lowest BCUT2D eigenvalue weighted by Crippen LogP contribution is -2.11. The van der Waals surface area contributed by atoms with Crippen molar-refractivity contribution in [3.05, 3.63) is 89.7 Å². The van der Waals surface area contributed by atoms with Crippen LogP contribution < -0.4 is 4.84 Å². The minimum atomic E-state index is -0.0647. The van der Waals surface area contributed by atoms with E-state index in [1.165, 1.54) is 11.0 Å². The second-order valence-corrected chi connectivity index (χ2v) is 4.59. The van der Waals surface area contributed by atoms with Gasteiger partial charge in [-0.25, -0.2) is 0 Å². The third kappa shape index (κ3) is 3.17. The number of nitrogens with zero attached hydrogens (tertiary/aromatic N) is 2. The first-order chi connectivity index (χ1) is 10.3. The molecule has 1 aromatic heterocycles.